The SMILES string of the molecule is CC(C)(C)OC(=O)N1CCC(Oc2c(Cl)cc(C#N)cc2Cl)C1. The number of carbonyl (C=O) groups is 1. The summed E-state index contributed by atoms with van der Waals surface area (Å²) >= 11 is 12.2. The lowest BCUT2D eigenvalue weighted by atomic mass is 10.2. The van der Waals surface area contributed by atoms with Crippen molar-refractivity contribution in [3.05, 3.63) is 27.7 Å². The number of likely N-dealkylation sites (tertiary alicyclic amines) is 1. The number of hydrogen-bond donors (Lipinski definition) is 0. The number of nitrogens with zero attached hydrogens (tertiary/aromatic N) is 2. The summed E-state index contributed by atoms with van der Waals surface area (Å²) in [6.45, 7) is 6.43. The second-order valence-electron chi connectivity index (χ2n) is 6.34. The number of benzene rings is 1. The van der Waals surface area contributed by atoms with Crippen LogP contribution in [0.4, 0.5) is 4.79 Å². The van der Waals surface area contributed by atoms with E-state index in [2.05, 4.69) is 0 Å². The summed E-state index contributed by atoms with van der Waals surface area (Å²) in [7, 11) is 0. The van der Waals surface area contributed by atoms with Gasteiger partial charge in [0.05, 0.1) is 28.2 Å². The quantitative estimate of drug-likeness (QED) is 0.794. The lowest BCUT2D eigenvalue weighted by Gasteiger charge is -2.24. The summed E-state index contributed by atoms with van der Waals surface area (Å²) in [6.07, 6.45) is 0.0809. The van der Waals surface area contributed by atoms with Crippen LogP contribution < -0.4 is 4.74 Å². The Bertz CT molecular complexity index is 627. The molecule has 0 saturated carbocycles. The Labute approximate surface area is 145 Å². The van der Waals surface area contributed by atoms with Gasteiger partial charge in [0.25, 0.3) is 0 Å². The van der Waals surface area contributed by atoms with Gasteiger partial charge in [-0.1, -0.05) is 23.2 Å². The van der Waals surface area contributed by atoms with E-state index in [1.807, 2.05) is 26.8 Å². The van der Waals surface area contributed by atoms with E-state index in [0.29, 0.717) is 30.8 Å². The number of ether oxygens (including phenoxy) is 2. The van der Waals surface area contributed by atoms with Crippen LogP contribution in [0, 0.1) is 11.3 Å². The van der Waals surface area contributed by atoms with E-state index in [-0.39, 0.29) is 22.2 Å². The number of carbonyl (C=O) groups excluding carboxylic acids is 1. The minimum Gasteiger partial charge on any atom is -0.485 e. The van der Waals surface area contributed by atoms with Crippen LogP contribution in [0.3, 0.4) is 0 Å². The third kappa shape index (κ3) is 4.66. The molecule has 1 amide bonds. The van der Waals surface area contributed by atoms with E-state index < -0.39 is 5.60 Å². The molecule has 2 rings (SSSR count). The Morgan fingerprint density at radius 2 is 1.96 bits per heavy atom. The van der Waals surface area contributed by atoms with Crippen molar-refractivity contribution >= 4 is 29.3 Å². The van der Waals surface area contributed by atoms with Crippen molar-refractivity contribution in [2.75, 3.05) is 13.1 Å². The van der Waals surface area contributed by atoms with Crippen LogP contribution in [-0.2, 0) is 4.74 Å². The summed E-state index contributed by atoms with van der Waals surface area (Å²) in [6, 6.07) is 4.99. The molecule has 1 saturated heterocycles. The number of rotatable bonds is 2. The van der Waals surface area contributed by atoms with Gasteiger partial charge in [0, 0.05) is 13.0 Å². The molecule has 1 aliphatic heterocycles. The van der Waals surface area contributed by atoms with Crippen LogP contribution in [0.15, 0.2) is 12.1 Å². The van der Waals surface area contributed by atoms with Crippen molar-refractivity contribution < 1.29 is 14.3 Å². The molecule has 0 N–H and O–H groups in total. The van der Waals surface area contributed by atoms with Gasteiger partial charge in [-0.2, -0.15) is 5.26 Å². The molecule has 0 radical (unpaired) electrons. The molecule has 0 aliphatic carbocycles. The molecule has 7 heteroatoms. The van der Waals surface area contributed by atoms with Gasteiger partial charge in [0.1, 0.15) is 11.7 Å². The summed E-state index contributed by atoms with van der Waals surface area (Å²) in [5, 5.41) is 9.45. The van der Waals surface area contributed by atoms with Crippen molar-refractivity contribution in [3.63, 3.8) is 0 Å². The summed E-state index contributed by atoms with van der Waals surface area (Å²) < 4.78 is 11.2. The second-order valence-corrected chi connectivity index (χ2v) is 7.15. The molecular weight excluding hydrogens is 339 g/mol. The molecule has 1 aromatic carbocycles. The zero-order chi connectivity index (χ0) is 17.2. The Kier molecular flexibility index (Phi) is 5.28. The average Bonchev–Trinajstić information content (AvgIpc) is 2.89. The first-order valence-electron chi connectivity index (χ1n) is 7.23. The van der Waals surface area contributed by atoms with Crippen LogP contribution in [0.1, 0.15) is 32.8 Å². The van der Waals surface area contributed by atoms with Gasteiger partial charge in [-0.05, 0) is 32.9 Å². The predicted octanol–water partition coefficient (Wildman–Crippen LogP) is 4.25. The lowest BCUT2D eigenvalue weighted by Crippen LogP contribution is -2.36. The van der Waals surface area contributed by atoms with Gasteiger partial charge >= 0.3 is 6.09 Å². The maximum absolute atomic E-state index is 12.0. The monoisotopic (exact) mass is 356 g/mol. The first-order valence-corrected chi connectivity index (χ1v) is 7.99. The fourth-order valence-corrected chi connectivity index (χ4v) is 2.80. The van der Waals surface area contributed by atoms with Crippen LogP contribution in [-0.4, -0.2) is 35.8 Å². The molecule has 1 heterocycles. The maximum atomic E-state index is 12.0. The average molecular weight is 357 g/mol. The molecular formula is C16H18Cl2N2O3. The molecule has 1 atom stereocenters. The topological polar surface area (TPSA) is 62.6 Å². The summed E-state index contributed by atoms with van der Waals surface area (Å²) in [4.78, 5) is 13.6. The third-order valence-electron chi connectivity index (χ3n) is 3.21. The normalized spacial score (nSPS) is 17.7. The first-order chi connectivity index (χ1) is 10.7. The zero-order valence-corrected chi connectivity index (χ0v) is 14.7. The summed E-state index contributed by atoms with van der Waals surface area (Å²) in [5.41, 5.74) is -0.162. The number of nitriles is 1. The van der Waals surface area contributed by atoms with Crippen molar-refractivity contribution in [3.8, 4) is 11.8 Å². The van der Waals surface area contributed by atoms with Gasteiger partial charge in [0.15, 0.2) is 5.75 Å². The highest BCUT2D eigenvalue weighted by Gasteiger charge is 2.31. The van der Waals surface area contributed by atoms with E-state index in [0.717, 1.165) is 0 Å². The molecule has 1 aliphatic rings. The molecule has 0 aromatic heterocycles. The van der Waals surface area contributed by atoms with Crippen molar-refractivity contribution in [2.24, 2.45) is 0 Å². The van der Waals surface area contributed by atoms with Crippen LogP contribution in [0.5, 0.6) is 5.75 Å². The number of hydrogen-bond acceptors (Lipinski definition) is 4. The van der Waals surface area contributed by atoms with Crippen LogP contribution in [0.2, 0.25) is 10.0 Å². The smallest absolute Gasteiger partial charge is 0.410 e. The molecule has 1 unspecified atom stereocenters. The number of halogens is 2. The van der Waals surface area contributed by atoms with E-state index >= 15 is 0 Å². The highest BCUT2D eigenvalue weighted by Crippen LogP contribution is 2.35. The van der Waals surface area contributed by atoms with Crippen molar-refractivity contribution in [1.29, 1.82) is 5.26 Å². The maximum Gasteiger partial charge on any atom is 0.410 e. The molecule has 23 heavy (non-hydrogen) atoms. The third-order valence-corrected chi connectivity index (χ3v) is 3.77. The Balaban J connectivity index is 2.02. The lowest BCUT2D eigenvalue weighted by molar-refractivity contribution is 0.0276. The molecule has 1 fully saturated rings. The minimum atomic E-state index is -0.532. The van der Waals surface area contributed by atoms with E-state index in [1.54, 1.807) is 4.90 Å². The molecule has 0 bridgehead atoms. The Morgan fingerprint density at radius 3 is 2.48 bits per heavy atom. The van der Waals surface area contributed by atoms with Crippen LogP contribution >= 0.6 is 23.2 Å². The standard InChI is InChI=1S/C16H18Cl2N2O3/c1-16(2,3)23-15(21)20-5-4-11(9-20)22-14-12(17)6-10(8-19)7-13(14)18/h6-7,11H,4-5,9H2,1-3H3. The fourth-order valence-electron chi connectivity index (χ4n) is 2.22. The molecule has 1 aromatic rings. The van der Waals surface area contributed by atoms with Crippen molar-refractivity contribution in [2.45, 2.75) is 38.9 Å². The van der Waals surface area contributed by atoms with Gasteiger partial charge in [-0.3, -0.25) is 0 Å². The summed E-state index contributed by atoms with van der Waals surface area (Å²) in [5.74, 6) is 0.336. The van der Waals surface area contributed by atoms with Gasteiger partial charge in [-0.15, -0.1) is 0 Å². The van der Waals surface area contributed by atoms with E-state index in [1.165, 1.54) is 12.1 Å². The van der Waals surface area contributed by atoms with E-state index in [9.17, 15) is 4.79 Å². The van der Waals surface area contributed by atoms with Crippen molar-refractivity contribution in [1.82, 2.24) is 4.90 Å². The minimum absolute atomic E-state index is 0.217. The molecule has 5 nitrogen and oxygen atoms in total. The van der Waals surface area contributed by atoms with Gasteiger partial charge in [-0.25, -0.2) is 4.79 Å². The largest absolute Gasteiger partial charge is 0.485 e. The van der Waals surface area contributed by atoms with Crippen LogP contribution in [0.25, 0.3) is 0 Å². The zero-order valence-electron chi connectivity index (χ0n) is 13.2. The first kappa shape index (κ1) is 17.7. The Hall–Kier alpha value is -1.64. The van der Waals surface area contributed by atoms with Gasteiger partial charge < -0.3 is 14.4 Å². The molecule has 0 spiro atoms. The second kappa shape index (κ2) is 6.86. The molecule has 124 valence electrons. The fraction of sp³-hybridized carbons (Fsp3) is 0.500. The Morgan fingerprint density at radius 1 is 1.35 bits per heavy atom. The van der Waals surface area contributed by atoms with Gasteiger partial charge in [0.2, 0.25) is 0 Å². The predicted molar refractivity (Wildman–Crippen MR) is 88.0 cm³/mol. The van der Waals surface area contributed by atoms with E-state index in [4.69, 9.17) is 37.9 Å². The highest BCUT2D eigenvalue weighted by molar-refractivity contribution is 6.37. The number of amides is 1. The highest BCUT2D eigenvalue weighted by atomic mass is 35.5.